The third-order valence-corrected chi connectivity index (χ3v) is 5.08. The van der Waals surface area contributed by atoms with Gasteiger partial charge in [0.05, 0.1) is 25.3 Å². The van der Waals surface area contributed by atoms with Gasteiger partial charge in [0.2, 0.25) is 5.91 Å². The third-order valence-electron chi connectivity index (χ3n) is 5.08. The fraction of sp³-hybridized carbons (Fsp3) is 0.273. The molecule has 1 aromatic carbocycles. The van der Waals surface area contributed by atoms with Crippen LogP contribution in [0.3, 0.4) is 0 Å². The molecule has 1 aliphatic rings. The first-order valence-electron chi connectivity index (χ1n) is 9.38. The fourth-order valence-electron chi connectivity index (χ4n) is 3.65. The minimum Gasteiger partial charge on any atom is -0.497 e. The van der Waals surface area contributed by atoms with Gasteiger partial charge in [-0.1, -0.05) is 18.2 Å². The van der Waals surface area contributed by atoms with Gasteiger partial charge in [-0.15, -0.1) is 0 Å². The summed E-state index contributed by atoms with van der Waals surface area (Å²) in [5.74, 6) is 0.892. The summed E-state index contributed by atoms with van der Waals surface area (Å²) in [5, 5.41) is 0. The third kappa shape index (κ3) is 3.86. The number of pyridine rings is 1. The van der Waals surface area contributed by atoms with Crippen molar-refractivity contribution in [3.63, 3.8) is 0 Å². The molecule has 3 heterocycles. The maximum absolute atomic E-state index is 12.9. The molecule has 0 radical (unpaired) electrons. The van der Waals surface area contributed by atoms with Crippen LogP contribution in [0.4, 0.5) is 0 Å². The summed E-state index contributed by atoms with van der Waals surface area (Å²) in [7, 11) is 1.63. The SMILES string of the molecule is COc1cccc(CC(=O)N2CCCC2c2ccc(-c3cncnc3)cn2)c1. The molecule has 1 atom stereocenters. The molecule has 0 N–H and O–H groups in total. The number of rotatable bonds is 5. The number of hydrogen-bond acceptors (Lipinski definition) is 5. The van der Waals surface area contributed by atoms with E-state index in [1.54, 1.807) is 19.5 Å². The number of carbonyl (C=O) groups excluding carboxylic acids is 1. The van der Waals surface area contributed by atoms with Crippen molar-refractivity contribution in [2.45, 2.75) is 25.3 Å². The van der Waals surface area contributed by atoms with E-state index < -0.39 is 0 Å². The summed E-state index contributed by atoms with van der Waals surface area (Å²) in [6, 6.07) is 11.7. The molecule has 0 aliphatic carbocycles. The Kier molecular flexibility index (Phi) is 5.28. The van der Waals surface area contributed by atoms with Crippen molar-refractivity contribution in [1.82, 2.24) is 19.9 Å². The molecule has 0 bridgehead atoms. The largest absolute Gasteiger partial charge is 0.497 e. The standard InChI is InChI=1S/C22H22N4O2/c1-28-19-5-2-4-16(10-19)11-22(27)26-9-3-6-21(26)20-8-7-17(14-25-20)18-12-23-15-24-13-18/h2,4-5,7-8,10,12-15,21H,3,6,9,11H2,1H3. The molecular formula is C22H22N4O2. The van der Waals surface area contributed by atoms with Gasteiger partial charge >= 0.3 is 0 Å². The quantitative estimate of drug-likeness (QED) is 0.684. The van der Waals surface area contributed by atoms with Crippen LogP contribution >= 0.6 is 0 Å². The lowest BCUT2D eigenvalue weighted by atomic mass is 10.1. The lowest BCUT2D eigenvalue weighted by molar-refractivity contribution is -0.131. The van der Waals surface area contributed by atoms with Crippen molar-refractivity contribution in [1.29, 1.82) is 0 Å². The smallest absolute Gasteiger partial charge is 0.227 e. The maximum atomic E-state index is 12.9. The van der Waals surface area contributed by atoms with E-state index in [4.69, 9.17) is 4.74 Å². The van der Waals surface area contributed by atoms with Gasteiger partial charge in [0.25, 0.3) is 0 Å². The molecule has 142 valence electrons. The number of likely N-dealkylation sites (tertiary alicyclic amines) is 1. The molecule has 6 nitrogen and oxygen atoms in total. The van der Waals surface area contributed by atoms with Crippen LogP contribution in [0.1, 0.15) is 30.1 Å². The monoisotopic (exact) mass is 374 g/mol. The van der Waals surface area contributed by atoms with E-state index in [0.29, 0.717) is 6.42 Å². The van der Waals surface area contributed by atoms with Crippen LogP contribution in [0.25, 0.3) is 11.1 Å². The highest BCUT2D eigenvalue weighted by Gasteiger charge is 2.30. The molecule has 2 aromatic heterocycles. The molecule has 1 unspecified atom stereocenters. The molecule has 1 aliphatic heterocycles. The van der Waals surface area contributed by atoms with Gasteiger partial charge in [-0.05, 0) is 36.6 Å². The van der Waals surface area contributed by atoms with Crippen LogP contribution < -0.4 is 4.74 Å². The summed E-state index contributed by atoms with van der Waals surface area (Å²) in [6.45, 7) is 0.767. The summed E-state index contributed by atoms with van der Waals surface area (Å²) < 4.78 is 5.26. The molecular weight excluding hydrogens is 352 g/mol. The fourth-order valence-corrected chi connectivity index (χ4v) is 3.65. The van der Waals surface area contributed by atoms with E-state index in [2.05, 4.69) is 15.0 Å². The first-order valence-corrected chi connectivity index (χ1v) is 9.38. The van der Waals surface area contributed by atoms with Crippen molar-refractivity contribution in [3.05, 3.63) is 72.6 Å². The van der Waals surface area contributed by atoms with E-state index in [0.717, 1.165) is 47.5 Å². The zero-order chi connectivity index (χ0) is 19.3. The van der Waals surface area contributed by atoms with Crippen molar-refractivity contribution in [3.8, 4) is 16.9 Å². The molecule has 0 saturated carbocycles. The van der Waals surface area contributed by atoms with Crippen LogP contribution in [0.15, 0.2) is 61.3 Å². The highest BCUT2D eigenvalue weighted by atomic mass is 16.5. The highest BCUT2D eigenvalue weighted by molar-refractivity contribution is 5.79. The minimum atomic E-state index is 0.0270. The van der Waals surface area contributed by atoms with E-state index in [9.17, 15) is 4.79 Å². The Balaban J connectivity index is 1.49. The highest BCUT2D eigenvalue weighted by Crippen LogP contribution is 2.32. The van der Waals surface area contributed by atoms with Crippen LogP contribution in [-0.4, -0.2) is 39.4 Å². The second-order valence-corrected chi connectivity index (χ2v) is 6.87. The van der Waals surface area contributed by atoms with Gasteiger partial charge < -0.3 is 9.64 Å². The second-order valence-electron chi connectivity index (χ2n) is 6.87. The first kappa shape index (κ1) is 18.1. The van der Waals surface area contributed by atoms with Gasteiger partial charge in [-0.25, -0.2) is 9.97 Å². The van der Waals surface area contributed by atoms with Gasteiger partial charge in [-0.3, -0.25) is 9.78 Å². The van der Waals surface area contributed by atoms with Gasteiger partial charge in [0.15, 0.2) is 0 Å². The van der Waals surface area contributed by atoms with E-state index in [1.165, 1.54) is 6.33 Å². The van der Waals surface area contributed by atoms with Crippen LogP contribution in [0, 0.1) is 0 Å². The molecule has 1 fully saturated rings. The van der Waals surface area contributed by atoms with Gasteiger partial charge in [0.1, 0.15) is 12.1 Å². The van der Waals surface area contributed by atoms with E-state index in [-0.39, 0.29) is 11.9 Å². The normalized spacial score (nSPS) is 16.2. The Morgan fingerprint density at radius 3 is 2.75 bits per heavy atom. The van der Waals surface area contributed by atoms with E-state index in [1.807, 2.05) is 47.5 Å². The van der Waals surface area contributed by atoms with Crippen molar-refractivity contribution >= 4 is 5.91 Å². The molecule has 6 heteroatoms. The Hall–Kier alpha value is -3.28. The number of nitrogens with zero attached hydrogens (tertiary/aromatic N) is 4. The minimum absolute atomic E-state index is 0.0270. The number of aromatic nitrogens is 3. The Morgan fingerprint density at radius 1 is 1.14 bits per heavy atom. The lowest BCUT2D eigenvalue weighted by Crippen LogP contribution is -2.32. The van der Waals surface area contributed by atoms with E-state index >= 15 is 0 Å². The van der Waals surface area contributed by atoms with Gasteiger partial charge in [-0.2, -0.15) is 0 Å². The zero-order valence-corrected chi connectivity index (χ0v) is 15.8. The van der Waals surface area contributed by atoms with Crippen molar-refractivity contribution in [2.24, 2.45) is 0 Å². The number of ether oxygens (including phenoxy) is 1. The lowest BCUT2D eigenvalue weighted by Gasteiger charge is -2.24. The number of carbonyl (C=O) groups is 1. The number of benzene rings is 1. The Bertz CT molecular complexity index is 944. The van der Waals surface area contributed by atoms with Crippen molar-refractivity contribution in [2.75, 3.05) is 13.7 Å². The molecule has 28 heavy (non-hydrogen) atoms. The predicted molar refractivity (Wildman–Crippen MR) is 106 cm³/mol. The summed E-state index contributed by atoms with van der Waals surface area (Å²) in [4.78, 5) is 27.6. The number of hydrogen-bond donors (Lipinski definition) is 0. The summed E-state index contributed by atoms with van der Waals surface area (Å²) >= 11 is 0. The summed E-state index contributed by atoms with van der Waals surface area (Å²) in [6.07, 6.45) is 9.17. The van der Waals surface area contributed by atoms with Crippen LogP contribution in [-0.2, 0) is 11.2 Å². The Morgan fingerprint density at radius 2 is 2.00 bits per heavy atom. The zero-order valence-electron chi connectivity index (χ0n) is 15.8. The molecule has 1 saturated heterocycles. The number of amides is 1. The molecule has 1 amide bonds. The molecule has 0 spiro atoms. The topological polar surface area (TPSA) is 68.2 Å². The average molecular weight is 374 g/mol. The molecule has 4 rings (SSSR count). The second kappa shape index (κ2) is 8.17. The van der Waals surface area contributed by atoms with Crippen LogP contribution in [0.2, 0.25) is 0 Å². The maximum Gasteiger partial charge on any atom is 0.227 e. The summed E-state index contributed by atoms with van der Waals surface area (Å²) in [5.41, 5.74) is 3.79. The van der Waals surface area contributed by atoms with Gasteiger partial charge in [0, 0.05) is 36.3 Å². The average Bonchev–Trinajstić information content (AvgIpc) is 3.25. The first-order chi connectivity index (χ1) is 13.7. The Labute approximate surface area is 164 Å². The molecule has 3 aromatic rings. The predicted octanol–water partition coefficient (Wildman–Crippen LogP) is 3.45. The van der Waals surface area contributed by atoms with Crippen LogP contribution in [0.5, 0.6) is 5.75 Å². The van der Waals surface area contributed by atoms with Crippen molar-refractivity contribution < 1.29 is 9.53 Å². The number of methoxy groups -OCH3 is 1.